The van der Waals surface area contributed by atoms with Gasteiger partial charge in [0.05, 0.1) is 30.8 Å². The molecule has 1 rings (SSSR count). The molecule has 1 fully saturated rings. The second kappa shape index (κ2) is 53.7. The summed E-state index contributed by atoms with van der Waals surface area (Å²) >= 11 is 0. The van der Waals surface area contributed by atoms with Crippen molar-refractivity contribution in [3.05, 3.63) is 61.1 Å². The first-order valence-corrected chi connectivity index (χ1v) is 28.9. The van der Waals surface area contributed by atoms with E-state index in [0.29, 0.717) is 25.4 Å². The van der Waals surface area contributed by atoms with Gasteiger partial charge in [-0.05, 0) is 96.3 Å². The first kappa shape index (κ1) is 63.7. The van der Waals surface area contributed by atoms with Crippen LogP contribution in [0.4, 0.5) is 0 Å². The average Bonchev–Trinajstić information content (AvgIpc) is 3.75. The second-order valence-corrected chi connectivity index (χ2v) is 19.6. The Morgan fingerprint density at radius 1 is 0.485 bits per heavy atom. The number of rotatable bonds is 49. The lowest BCUT2D eigenvalue weighted by Gasteiger charge is -2.19. The lowest BCUT2D eigenvalue weighted by atomic mass is 10.1. The van der Waals surface area contributed by atoms with Crippen molar-refractivity contribution in [2.75, 3.05) is 13.2 Å². The summed E-state index contributed by atoms with van der Waals surface area (Å²) in [5.41, 5.74) is 0. The number of hydrogen-bond acceptors (Lipinski definition) is 5. The third kappa shape index (κ3) is 49.6. The molecule has 0 aromatic heterocycles. The van der Waals surface area contributed by atoms with Crippen LogP contribution >= 0.6 is 0 Å². The van der Waals surface area contributed by atoms with Crippen molar-refractivity contribution < 1.29 is 24.1 Å². The lowest BCUT2D eigenvalue weighted by Crippen LogP contribution is -2.28. The zero-order valence-corrected chi connectivity index (χ0v) is 44.4. The Bertz CT molecular complexity index is 1120. The highest BCUT2D eigenvalue weighted by atomic mass is 16.6. The molecule has 0 spiro atoms. The van der Waals surface area contributed by atoms with Gasteiger partial charge >= 0.3 is 5.97 Å². The topological polar surface area (TPSA) is 65.0 Å². The summed E-state index contributed by atoms with van der Waals surface area (Å²) in [6, 6.07) is 0. The number of carbonyl (C=O) groups is 1. The van der Waals surface area contributed by atoms with Crippen LogP contribution in [-0.4, -0.2) is 36.5 Å². The Kier molecular flexibility index (Phi) is 51.8. The zero-order valence-electron chi connectivity index (χ0n) is 44.4. The fourth-order valence-electron chi connectivity index (χ4n) is 8.61. The Hall–Kier alpha value is -2.27. The minimum atomic E-state index is -0.132. The summed E-state index contributed by atoms with van der Waals surface area (Å²) in [7, 11) is 0. The summed E-state index contributed by atoms with van der Waals surface area (Å²) in [6.45, 7) is 15.7. The normalized spacial score (nSPS) is 15.0. The highest BCUT2D eigenvalue weighted by Gasteiger charge is 2.31. The number of esters is 1. The smallest absolute Gasteiger partial charge is 0.306 e. The lowest BCUT2D eigenvalue weighted by molar-refractivity contribution is -0.152. The maximum absolute atomic E-state index is 12.4. The molecule has 5 heteroatoms. The van der Waals surface area contributed by atoms with Crippen LogP contribution in [0.3, 0.4) is 0 Å². The van der Waals surface area contributed by atoms with Crippen LogP contribution in [0, 0.1) is 0 Å². The van der Waals surface area contributed by atoms with Crippen LogP contribution in [0.25, 0.3) is 0 Å². The largest absolute Gasteiger partial charge is 0.513 e. The quantitative estimate of drug-likeness (QED) is 0.0285. The maximum atomic E-state index is 12.4. The van der Waals surface area contributed by atoms with Crippen molar-refractivity contribution in [1.29, 1.82) is 0 Å². The predicted octanol–water partition coefficient (Wildman–Crippen LogP) is 20.4. The standard InChI is InChI=1S/C42H76O4.C19H36O/c1-4-6-8-10-12-14-16-18-20-22-24-26-28-30-32-34-42(43)46-41-36-38-45-40(41)35-37-44-39(3)33-31-29-27-25-23-21-19-17-15-13-11-9-7-5-2;1-3-4-5-6-7-8-9-10-11-12-13-14-15-16-17-18-19(2)20/h18-21,40-41H,3-17,22-38H2,1-2H3;10-11,20H,2-9,12-18H2,1H3/b20-18+,21-19+;11-10+. The van der Waals surface area contributed by atoms with Crippen molar-refractivity contribution in [3.8, 4) is 0 Å². The number of aliphatic hydroxyl groups is 1. The highest BCUT2D eigenvalue weighted by Crippen LogP contribution is 2.22. The molecule has 0 aromatic rings. The Morgan fingerprint density at radius 3 is 1.20 bits per heavy atom. The molecule has 1 aliphatic heterocycles. The summed E-state index contributed by atoms with van der Waals surface area (Å²) in [5.74, 6) is 1.13. The van der Waals surface area contributed by atoms with Crippen LogP contribution in [0.1, 0.15) is 297 Å². The molecule has 1 N–H and O–H groups in total. The summed E-state index contributed by atoms with van der Waals surface area (Å²) in [5, 5.41) is 8.95. The van der Waals surface area contributed by atoms with Crippen molar-refractivity contribution in [3.63, 3.8) is 0 Å². The van der Waals surface area contributed by atoms with E-state index in [1.165, 1.54) is 218 Å². The van der Waals surface area contributed by atoms with Gasteiger partial charge in [-0.3, -0.25) is 4.79 Å². The Balaban J connectivity index is 0.00000176. The van der Waals surface area contributed by atoms with Gasteiger partial charge in [-0.25, -0.2) is 0 Å². The second-order valence-electron chi connectivity index (χ2n) is 19.6. The molecule has 0 aliphatic carbocycles. The molecule has 2 unspecified atom stereocenters. The molecule has 1 heterocycles. The predicted molar refractivity (Wildman–Crippen MR) is 289 cm³/mol. The number of aliphatic hydroxyl groups excluding tert-OH is 1. The van der Waals surface area contributed by atoms with Crippen molar-refractivity contribution >= 4 is 5.97 Å². The zero-order chi connectivity index (χ0) is 48.1. The molecule has 1 saturated heterocycles. The van der Waals surface area contributed by atoms with Crippen molar-refractivity contribution in [1.82, 2.24) is 0 Å². The number of allylic oxidation sites excluding steroid dienone is 8. The van der Waals surface area contributed by atoms with Gasteiger partial charge in [-0.1, -0.05) is 218 Å². The van der Waals surface area contributed by atoms with Gasteiger partial charge < -0.3 is 19.3 Å². The van der Waals surface area contributed by atoms with Crippen LogP contribution in [0.2, 0.25) is 0 Å². The van der Waals surface area contributed by atoms with E-state index in [4.69, 9.17) is 19.3 Å². The third-order valence-electron chi connectivity index (χ3n) is 13.0. The van der Waals surface area contributed by atoms with E-state index in [1.807, 2.05) is 0 Å². The average molecular weight is 926 g/mol. The molecule has 1 aliphatic rings. The fourth-order valence-corrected chi connectivity index (χ4v) is 8.61. The Labute approximate surface area is 411 Å². The first-order chi connectivity index (χ1) is 32.4. The minimum absolute atomic E-state index is 0.0556. The van der Waals surface area contributed by atoms with Crippen LogP contribution in [0.15, 0.2) is 61.1 Å². The number of unbranched alkanes of at least 4 members (excludes halogenated alkanes) is 32. The van der Waals surface area contributed by atoms with E-state index in [-0.39, 0.29) is 18.2 Å². The number of hydrogen-bond donors (Lipinski definition) is 1. The molecule has 0 bridgehead atoms. The maximum Gasteiger partial charge on any atom is 0.306 e. The summed E-state index contributed by atoms with van der Waals surface area (Å²) in [6.07, 6.45) is 66.9. The Morgan fingerprint density at radius 2 is 0.818 bits per heavy atom. The molecule has 0 radical (unpaired) electrons. The monoisotopic (exact) mass is 925 g/mol. The summed E-state index contributed by atoms with van der Waals surface area (Å²) in [4.78, 5) is 12.4. The van der Waals surface area contributed by atoms with Crippen LogP contribution in [0.5, 0.6) is 0 Å². The van der Waals surface area contributed by atoms with E-state index in [1.54, 1.807) is 0 Å². The molecule has 0 saturated carbocycles. The molecule has 5 nitrogen and oxygen atoms in total. The molecular formula is C61H112O5. The fraction of sp³-hybridized carbons (Fsp3) is 0.820. The highest BCUT2D eigenvalue weighted by molar-refractivity contribution is 5.69. The van der Waals surface area contributed by atoms with Gasteiger partial charge in [-0.15, -0.1) is 0 Å². The van der Waals surface area contributed by atoms with Gasteiger partial charge in [0.1, 0.15) is 6.10 Å². The third-order valence-corrected chi connectivity index (χ3v) is 13.0. The van der Waals surface area contributed by atoms with E-state index in [2.05, 4.69) is 70.4 Å². The SMILES string of the molecule is C=C(CCCCCC/C=C/CCCCCCCC)OCCC1OCCC1OC(=O)CCCCCCC/C=C/CCCCCCCC.C=C(O)CCCCCCC/C=C/CCCCCCCC. The summed E-state index contributed by atoms with van der Waals surface area (Å²) < 4.78 is 17.6. The molecule has 2 atom stereocenters. The molecule has 0 amide bonds. The van der Waals surface area contributed by atoms with Gasteiger partial charge in [0.25, 0.3) is 0 Å². The van der Waals surface area contributed by atoms with Crippen LogP contribution < -0.4 is 0 Å². The minimum Gasteiger partial charge on any atom is -0.513 e. The van der Waals surface area contributed by atoms with E-state index < -0.39 is 0 Å². The van der Waals surface area contributed by atoms with Crippen molar-refractivity contribution in [2.24, 2.45) is 0 Å². The van der Waals surface area contributed by atoms with Gasteiger partial charge in [-0.2, -0.15) is 0 Å². The number of carbonyl (C=O) groups excluding carboxylic acids is 1. The van der Waals surface area contributed by atoms with Gasteiger partial charge in [0, 0.05) is 32.1 Å². The van der Waals surface area contributed by atoms with Gasteiger partial charge in [0.2, 0.25) is 0 Å². The molecular weight excluding hydrogens is 813 g/mol. The molecule has 66 heavy (non-hydrogen) atoms. The van der Waals surface area contributed by atoms with Crippen LogP contribution in [-0.2, 0) is 19.0 Å². The van der Waals surface area contributed by atoms with Crippen molar-refractivity contribution in [2.45, 2.75) is 309 Å². The van der Waals surface area contributed by atoms with E-state index in [0.717, 1.165) is 57.1 Å². The number of ether oxygens (including phenoxy) is 3. The molecule has 386 valence electrons. The van der Waals surface area contributed by atoms with E-state index >= 15 is 0 Å². The molecule has 0 aromatic carbocycles. The van der Waals surface area contributed by atoms with E-state index in [9.17, 15) is 4.79 Å². The van der Waals surface area contributed by atoms with Gasteiger partial charge in [0.15, 0.2) is 0 Å². The first-order valence-electron chi connectivity index (χ1n) is 28.9.